The van der Waals surface area contributed by atoms with E-state index in [1.165, 1.54) is 23.9 Å². The molecular weight excluding hydrogens is 525 g/mol. The number of benzene rings is 2. The Bertz CT molecular complexity index is 1340. The number of nitriles is 1. The van der Waals surface area contributed by atoms with Crippen LogP contribution in [0, 0.1) is 17.1 Å². The lowest BCUT2D eigenvalue weighted by atomic mass is 10.0. The molecule has 3 aromatic rings. The van der Waals surface area contributed by atoms with E-state index in [4.69, 9.17) is 5.26 Å². The van der Waals surface area contributed by atoms with Crippen molar-refractivity contribution in [2.45, 2.75) is 48.4 Å². The maximum atomic E-state index is 13.1. The predicted molar refractivity (Wildman–Crippen MR) is 152 cm³/mol. The number of rotatable bonds is 7. The summed E-state index contributed by atoms with van der Waals surface area (Å²) < 4.78 is 13.1. The molecule has 1 aromatic heterocycles. The van der Waals surface area contributed by atoms with Crippen molar-refractivity contribution >= 4 is 23.6 Å². The molecule has 3 heterocycles. The molecule has 1 N–H and O–H groups in total. The van der Waals surface area contributed by atoms with E-state index in [0.717, 1.165) is 50.2 Å². The Morgan fingerprint density at radius 3 is 2.27 bits per heavy atom. The molecule has 40 heavy (non-hydrogen) atoms. The maximum absolute atomic E-state index is 13.1. The fraction of sp³-hybridized carbons (Fsp3) is 0.355. The molecule has 2 aromatic carbocycles. The van der Waals surface area contributed by atoms with Crippen LogP contribution in [0.15, 0.2) is 71.8 Å². The zero-order chi connectivity index (χ0) is 27.9. The first kappa shape index (κ1) is 27.8. The van der Waals surface area contributed by atoms with Crippen molar-refractivity contribution in [2.24, 2.45) is 0 Å². The first-order valence-electron chi connectivity index (χ1n) is 13.7. The van der Waals surface area contributed by atoms with Crippen LogP contribution in [0.1, 0.15) is 57.7 Å². The highest BCUT2D eigenvalue weighted by atomic mass is 32.2. The number of aromatic nitrogens is 1. The number of piperidine rings is 2. The number of thioether (sulfide) groups is 1. The van der Waals surface area contributed by atoms with Crippen LogP contribution < -0.4 is 5.32 Å². The van der Waals surface area contributed by atoms with Crippen LogP contribution >= 0.6 is 11.8 Å². The first-order chi connectivity index (χ1) is 19.5. The number of pyridine rings is 1. The normalized spacial score (nSPS) is 16.9. The molecule has 7 nitrogen and oxygen atoms in total. The number of nitrogens with one attached hydrogen (secondary N) is 1. The van der Waals surface area contributed by atoms with Crippen LogP contribution in [-0.4, -0.2) is 64.1 Å². The summed E-state index contributed by atoms with van der Waals surface area (Å²) >= 11 is 1.73. The summed E-state index contributed by atoms with van der Waals surface area (Å²) in [4.78, 5) is 35.3. The van der Waals surface area contributed by atoms with Gasteiger partial charge < -0.3 is 10.2 Å². The van der Waals surface area contributed by atoms with E-state index >= 15 is 0 Å². The number of carbonyl (C=O) groups is 2. The summed E-state index contributed by atoms with van der Waals surface area (Å²) in [6.07, 6.45) is 4.95. The predicted octanol–water partition coefficient (Wildman–Crippen LogP) is 4.88. The van der Waals surface area contributed by atoms with Gasteiger partial charge in [0.1, 0.15) is 11.5 Å². The van der Waals surface area contributed by atoms with E-state index in [2.05, 4.69) is 21.3 Å². The van der Waals surface area contributed by atoms with Gasteiger partial charge in [-0.15, -0.1) is 11.8 Å². The molecular formula is C31H32FN5O2S. The summed E-state index contributed by atoms with van der Waals surface area (Å²) in [7, 11) is 0. The van der Waals surface area contributed by atoms with Crippen molar-refractivity contribution in [2.75, 3.05) is 26.2 Å². The van der Waals surface area contributed by atoms with Gasteiger partial charge in [0, 0.05) is 55.1 Å². The maximum Gasteiger partial charge on any atom is 0.270 e. The smallest absolute Gasteiger partial charge is 0.270 e. The van der Waals surface area contributed by atoms with Crippen molar-refractivity contribution in [3.8, 4) is 6.07 Å². The van der Waals surface area contributed by atoms with Crippen molar-refractivity contribution < 1.29 is 14.0 Å². The standard InChI is InChI=1S/C31H32FN5O2S/c32-25-6-8-27(9-7-25)40-28-13-17-37(18-14-28)31(39)24-5-10-29(34-20-24)30(38)35-26-11-15-36(16-12-26)21-23-3-1-22(19-33)2-4-23/h1-10,20,26,28H,11-18,21H2,(H,35,38). The molecule has 5 rings (SSSR count). The van der Waals surface area contributed by atoms with Crippen molar-refractivity contribution in [1.82, 2.24) is 20.1 Å². The minimum Gasteiger partial charge on any atom is -0.348 e. The van der Waals surface area contributed by atoms with Crippen molar-refractivity contribution in [1.29, 1.82) is 5.26 Å². The number of likely N-dealkylation sites (tertiary alicyclic amines) is 2. The van der Waals surface area contributed by atoms with E-state index in [0.29, 0.717) is 35.2 Å². The third kappa shape index (κ3) is 7.26. The van der Waals surface area contributed by atoms with Crippen LogP contribution in [0.25, 0.3) is 0 Å². The van der Waals surface area contributed by atoms with Crippen molar-refractivity contribution in [3.63, 3.8) is 0 Å². The topological polar surface area (TPSA) is 89.3 Å². The summed E-state index contributed by atoms with van der Waals surface area (Å²) in [6, 6.07) is 19.7. The van der Waals surface area contributed by atoms with E-state index in [1.807, 2.05) is 29.2 Å². The van der Waals surface area contributed by atoms with Crippen molar-refractivity contribution in [3.05, 3.63) is 95.1 Å². The van der Waals surface area contributed by atoms with E-state index < -0.39 is 0 Å². The van der Waals surface area contributed by atoms with E-state index in [9.17, 15) is 14.0 Å². The number of amides is 2. The average Bonchev–Trinajstić information content (AvgIpc) is 3.00. The summed E-state index contributed by atoms with van der Waals surface area (Å²) in [5.74, 6) is -0.526. The Labute approximate surface area is 238 Å². The summed E-state index contributed by atoms with van der Waals surface area (Å²) in [5.41, 5.74) is 2.63. The minimum atomic E-state index is -0.237. The molecule has 2 amide bonds. The van der Waals surface area contributed by atoms with Gasteiger partial charge in [0.15, 0.2) is 0 Å². The second-order valence-electron chi connectivity index (χ2n) is 10.3. The Morgan fingerprint density at radius 1 is 0.950 bits per heavy atom. The van der Waals surface area contributed by atoms with E-state index in [1.54, 1.807) is 36.0 Å². The fourth-order valence-electron chi connectivity index (χ4n) is 5.16. The minimum absolute atomic E-state index is 0.0701. The van der Waals surface area contributed by atoms with Gasteiger partial charge in [0.05, 0.1) is 17.2 Å². The molecule has 0 atom stereocenters. The molecule has 206 valence electrons. The second-order valence-corrected chi connectivity index (χ2v) is 11.7. The lowest BCUT2D eigenvalue weighted by molar-refractivity contribution is 0.0726. The molecule has 0 aliphatic carbocycles. The monoisotopic (exact) mass is 557 g/mol. The number of nitrogens with zero attached hydrogens (tertiary/aromatic N) is 4. The summed E-state index contributed by atoms with van der Waals surface area (Å²) in [5, 5.41) is 12.4. The number of hydrogen-bond acceptors (Lipinski definition) is 6. The van der Waals surface area contributed by atoms with Gasteiger partial charge in [-0.3, -0.25) is 19.5 Å². The highest BCUT2D eigenvalue weighted by Gasteiger charge is 2.25. The molecule has 0 radical (unpaired) electrons. The molecule has 0 spiro atoms. The van der Waals surface area contributed by atoms with Gasteiger partial charge >= 0.3 is 0 Å². The highest BCUT2D eigenvalue weighted by molar-refractivity contribution is 8.00. The highest BCUT2D eigenvalue weighted by Crippen LogP contribution is 2.31. The second kappa shape index (κ2) is 13.1. The molecule has 0 unspecified atom stereocenters. The zero-order valence-corrected chi connectivity index (χ0v) is 23.1. The lowest BCUT2D eigenvalue weighted by Gasteiger charge is -2.32. The van der Waals surface area contributed by atoms with Crippen LogP contribution in [0.4, 0.5) is 4.39 Å². The number of carbonyl (C=O) groups excluding carboxylic acids is 2. The van der Waals surface area contributed by atoms with Crippen LogP contribution in [0.3, 0.4) is 0 Å². The third-order valence-corrected chi connectivity index (χ3v) is 8.85. The van der Waals surface area contributed by atoms with Crippen LogP contribution in [0.5, 0.6) is 0 Å². The molecule has 2 aliphatic rings. The van der Waals surface area contributed by atoms with Gasteiger partial charge in [-0.05, 0) is 79.8 Å². The van der Waals surface area contributed by atoms with Crippen LogP contribution in [-0.2, 0) is 6.54 Å². The third-order valence-electron chi connectivity index (χ3n) is 7.50. The largest absolute Gasteiger partial charge is 0.348 e. The van der Waals surface area contributed by atoms with E-state index in [-0.39, 0.29) is 23.7 Å². The Kier molecular flexibility index (Phi) is 9.09. The summed E-state index contributed by atoms with van der Waals surface area (Å²) in [6.45, 7) is 3.90. The Morgan fingerprint density at radius 2 is 1.65 bits per heavy atom. The van der Waals surface area contributed by atoms with Gasteiger partial charge in [-0.25, -0.2) is 4.39 Å². The quantitative estimate of drug-likeness (QED) is 0.445. The van der Waals surface area contributed by atoms with Gasteiger partial charge in [0.2, 0.25) is 0 Å². The number of hydrogen-bond donors (Lipinski definition) is 1. The SMILES string of the molecule is N#Cc1ccc(CN2CCC(NC(=O)c3ccc(C(=O)N4CCC(Sc5ccc(F)cc5)CC4)cn3)CC2)cc1. The van der Waals surface area contributed by atoms with Gasteiger partial charge in [-0.2, -0.15) is 5.26 Å². The molecule has 2 saturated heterocycles. The molecule has 0 saturated carbocycles. The van der Waals surface area contributed by atoms with Gasteiger partial charge in [-0.1, -0.05) is 12.1 Å². The molecule has 2 fully saturated rings. The number of halogens is 1. The molecule has 2 aliphatic heterocycles. The Hall–Kier alpha value is -3.74. The van der Waals surface area contributed by atoms with Gasteiger partial charge in [0.25, 0.3) is 11.8 Å². The molecule has 0 bridgehead atoms. The molecule has 9 heteroatoms. The Balaban J connectivity index is 1.05. The lowest BCUT2D eigenvalue weighted by Crippen LogP contribution is -2.44. The fourth-order valence-corrected chi connectivity index (χ4v) is 6.28. The zero-order valence-electron chi connectivity index (χ0n) is 22.3. The first-order valence-corrected chi connectivity index (χ1v) is 14.5. The van der Waals surface area contributed by atoms with Crippen LogP contribution in [0.2, 0.25) is 0 Å². The average molecular weight is 558 g/mol.